The molecule has 0 aromatic heterocycles. The maximum atomic E-state index is 6.04. The molecule has 1 aliphatic rings. The number of morpholine rings is 1. The quantitative estimate of drug-likeness (QED) is 0.576. The molecule has 2 N–H and O–H groups in total. The number of ether oxygens (including phenoxy) is 2. The molecule has 6 heteroatoms. The molecule has 0 atom stereocenters. The summed E-state index contributed by atoms with van der Waals surface area (Å²) in [5, 5.41) is 6.71. The first-order valence-electron chi connectivity index (χ1n) is 9.55. The van der Waals surface area contributed by atoms with Gasteiger partial charge in [-0.25, -0.2) is 4.99 Å². The van der Waals surface area contributed by atoms with E-state index in [1.807, 2.05) is 18.2 Å². The molecule has 0 amide bonds. The highest BCUT2D eigenvalue weighted by molar-refractivity contribution is 5.80. The summed E-state index contributed by atoms with van der Waals surface area (Å²) < 4.78 is 11.4. The van der Waals surface area contributed by atoms with Gasteiger partial charge < -0.3 is 20.1 Å². The van der Waals surface area contributed by atoms with Crippen molar-refractivity contribution in [1.82, 2.24) is 15.5 Å². The van der Waals surface area contributed by atoms with Crippen LogP contribution < -0.4 is 15.4 Å². The van der Waals surface area contributed by atoms with Crippen molar-refractivity contribution < 1.29 is 9.47 Å². The molecule has 26 heavy (non-hydrogen) atoms. The molecule has 1 saturated heterocycles. The average Bonchev–Trinajstić information content (AvgIpc) is 2.60. The summed E-state index contributed by atoms with van der Waals surface area (Å²) in [5.41, 5.74) is 1.07. The Balaban J connectivity index is 1.92. The Morgan fingerprint density at radius 2 is 1.96 bits per heavy atom. The molecule has 1 aromatic rings. The fraction of sp³-hybridized carbons (Fsp3) is 0.650. The molecule has 0 unspecified atom stereocenters. The molecule has 146 valence electrons. The fourth-order valence-electron chi connectivity index (χ4n) is 2.71. The van der Waals surface area contributed by atoms with E-state index in [1.165, 1.54) is 0 Å². The van der Waals surface area contributed by atoms with Crippen LogP contribution in [0.1, 0.15) is 33.3 Å². The molecule has 2 rings (SSSR count). The highest BCUT2D eigenvalue weighted by atomic mass is 16.5. The van der Waals surface area contributed by atoms with Crippen molar-refractivity contribution in [2.45, 2.75) is 39.8 Å². The standard InChI is InChI=1S/C20H34N4O2/c1-5-21-19(23-20(2,3)4)22-16-17-8-6-7-9-18(17)26-15-12-24-10-13-25-14-11-24/h6-9H,5,10-16H2,1-4H3,(H2,21,22,23). The topological polar surface area (TPSA) is 58.1 Å². The molecule has 0 spiro atoms. The molecule has 0 aliphatic carbocycles. The van der Waals surface area contributed by atoms with Crippen LogP contribution in [0.5, 0.6) is 5.75 Å². The number of hydrogen-bond donors (Lipinski definition) is 2. The Bertz CT molecular complexity index is 563. The smallest absolute Gasteiger partial charge is 0.191 e. The van der Waals surface area contributed by atoms with E-state index in [0.29, 0.717) is 13.2 Å². The zero-order valence-corrected chi connectivity index (χ0v) is 16.7. The summed E-state index contributed by atoms with van der Waals surface area (Å²) in [5.74, 6) is 1.74. The van der Waals surface area contributed by atoms with Crippen molar-refractivity contribution in [3.05, 3.63) is 29.8 Å². The van der Waals surface area contributed by atoms with Crippen molar-refractivity contribution in [3.8, 4) is 5.75 Å². The largest absolute Gasteiger partial charge is 0.492 e. The lowest BCUT2D eigenvalue weighted by molar-refractivity contribution is 0.0322. The zero-order chi connectivity index (χ0) is 18.8. The minimum absolute atomic E-state index is 0.0326. The third-order valence-electron chi connectivity index (χ3n) is 3.99. The summed E-state index contributed by atoms with van der Waals surface area (Å²) in [4.78, 5) is 7.09. The van der Waals surface area contributed by atoms with Crippen LogP contribution in [-0.4, -0.2) is 62.4 Å². The van der Waals surface area contributed by atoms with Gasteiger partial charge in [0.1, 0.15) is 12.4 Å². The van der Waals surface area contributed by atoms with Crippen molar-refractivity contribution in [3.63, 3.8) is 0 Å². The van der Waals surface area contributed by atoms with Crippen LogP contribution in [-0.2, 0) is 11.3 Å². The van der Waals surface area contributed by atoms with Gasteiger partial charge in [-0.3, -0.25) is 4.90 Å². The van der Waals surface area contributed by atoms with E-state index in [2.05, 4.69) is 49.3 Å². The molecule has 0 radical (unpaired) electrons. The number of hydrogen-bond acceptors (Lipinski definition) is 4. The van der Waals surface area contributed by atoms with Crippen molar-refractivity contribution in [1.29, 1.82) is 0 Å². The maximum Gasteiger partial charge on any atom is 0.191 e. The average molecular weight is 363 g/mol. The van der Waals surface area contributed by atoms with E-state index < -0.39 is 0 Å². The first kappa shape index (κ1) is 20.5. The van der Waals surface area contributed by atoms with Crippen molar-refractivity contribution in [2.75, 3.05) is 46.0 Å². The van der Waals surface area contributed by atoms with Gasteiger partial charge >= 0.3 is 0 Å². The van der Waals surface area contributed by atoms with Gasteiger partial charge in [0.25, 0.3) is 0 Å². The highest BCUT2D eigenvalue weighted by Gasteiger charge is 2.13. The van der Waals surface area contributed by atoms with E-state index >= 15 is 0 Å². The second-order valence-electron chi connectivity index (χ2n) is 7.48. The van der Waals surface area contributed by atoms with Crippen molar-refractivity contribution >= 4 is 5.96 Å². The third kappa shape index (κ3) is 7.62. The Morgan fingerprint density at radius 3 is 2.65 bits per heavy atom. The monoisotopic (exact) mass is 362 g/mol. The van der Waals surface area contributed by atoms with Gasteiger partial charge in [-0.1, -0.05) is 18.2 Å². The molecule has 0 saturated carbocycles. The Labute approximate surface area is 158 Å². The number of guanidine groups is 1. The second kappa shape index (κ2) is 10.4. The normalized spacial score (nSPS) is 16.4. The fourth-order valence-corrected chi connectivity index (χ4v) is 2.71. The van der Waals surface area contributed by atoms with Crippen LogP contribution in [0.25, 0.3) is 0 Å². The Kier molecular flexibility index (Phi) is 8.19. The minimum atomic E-state index is -0.0326. The van der Waals surface area contributed by atoms with Gasteiger partial charge in [0.2, 0.25) is 0 Å². The predicted molar refractivity (Wildman–Crippen MR) is 107 cm³/mol. The van der Waals surface area contributed by atoms with Crippen molar-refractivity contribution in [2.24, 2.45) is 4.99 Å². The molecule has 0 bridgehead atoms. The van der Waals surface area contributed by atoms with Crippen LogP contribution in [0.15, 0.2) is 29.3 Å². The van der Waals surface area contributed by atoms with Crippen LogP contribution >= 0.6 is 0 Å². The van der Waals surface area contributed by atoms with Crippen LogP contribution in [0.4, 0.5) is 0 Å². The van der Waals surface area contributed by atoms with E-state index in [0.717, 1.165) is 56.7 Å². The summed E-state index contributed by atoms with van der Waals surface area (Å²) in [6.07, 6.45) is 0. The molecule has 6 nitrogen and oxygen atoms in total. The second-order valence-corrected chi connectivity index (χ2v) is 7.48. The summed E-state index contributed by atoms with van der Waals surface area (Å²) in [7, 11) is 0. The van der Waals surface area contributed by atoms with Gasteiger partial charge in [-0.15, -0.1) is 0 Å². The van der Waals surface area contributed by atoms with Gasteiger partial charge in [0, 0.05) is 37.3 Å². The van der Waals surface area contributed by atoms with Gasteiger partial charge in [0.15, 0.2) is 5.96 Å². The van der Waals surface area contributed by atoms with Crippen LogP contribution in [0.2, 0.25) is 0 Å². The number of nitrogens with zero attached hydrogens (tertiary/aromatic N) is 2. The number of para-hydroxylation sites is 1. The maximum absolute atomic E-state index is 6.04. The lowest BCUT2D eigenvalue weighted by Crippen LogP contribution is -2.47. The molecule has 1 heterocycles. The van der Waals surface area contributed by atoms with Gasteiger partial charge in [-0.05, 0) is 33.8 Å². The minimum Gasteiger partial charge on any atom is -0.492 e. The molecule has 1 aromatic carbocycles. The lowest BCUT2D eigenvalue weighted by atomic mass is 10.1. The first-order valence-corrected chi connectivity index (χ1v) is 9.55. The summed E-state index contributed by atoms with van der Waals surface area (Å²) in [6.45, 7) is 15.1. The number of benzene rings is 1. The number of aliphatic imine (C=N–C) groups is 1. The highest BCUT2D eigenvalue weighted by Crippen LogP contribution is 2.19. The van der Waals surface area contributed by atoms with E-state index in [4.69, 9.17) is 14.5 Å². The number of rotatable bonds is 7. The SMILES string of the molecule is CCNC(=NCc1ccccc1OCCN1CCOCC1)NC(C)(C)C. The van der Waals surface area contributed by atoms with Gasteiger partial charge in [-0.2, -0.15) is 0 Å². The Morgan fingerprint density at radius 1 is 1.23 bits per heavy atom. The van der Waals surface area contributed by atoms with Crippen LogP contribution in [0.3, 0.4) is 0 Å². The number of nitrogens with one attached hydrogen (secondary N) is 2. The predicted octanol–water partition coefficient (Wildman–Crippen LogP) is 2.25. The molecular weight excluding hydrogens is 328 g/mol. The summed E-state index contributed by atoms with van der Waals surface area (Å²) in [6, 6.07) is 8.14. The molecular formula is C20H34N4O2. The van der Waals surface area contributed by atoms with Gasteiger partial charge in [0.05, 0.1) is 19.8 Å². The molecule has 1 fully saturated rings. The van der Waals surface area contributed by atoms with E-state index in [-0.39, 0.29) is 5.54 Å². The molecule has 1 aliphatic heterocycles. The first-order chi connectivity index (χ1) is 12.5. The van der Waals surface area contributed by atoms with E-state index in [9.17, 15) is 0 Å². The zero-order valence-electron chi connectivity index (χ0n) is 16.7. The van der Waals surface area contributed by atoms with Crippen LogP contribution in [0, 0.1) is 0 Å². The third-order valence-corrected chi connectivity index (χ3v) is 3.99. The summed E-state index contributed by atoms with van der Waals surface area (Å²) >= 11 is 0. The van der Waals surface area contributed by atoms with E-state index in [1.54, 1.807) is 0 Å². The lowest BCUT2D eigenvalue weighted by Gasteiger charge is -2.26. The Hall–Kier alpha value is -1.79.